The highest BCUT2D eigenvalue weighted by Crippen LogP contribution is 2.35. The van der Waals surface area contributed by atoms with Gasteiger partial charge in [0.15, 0.2) is 5.69 Å². The largest absolute Gasteiger partial charge is 0.396 e. The van der Waals surface area contributed by atoms with E-state index in [1.54, 1.807) is 11.7 Å². The van der Waals surface area contributed by atoms with Crippen molar-refractivity contribution >= 4 is 51.5 Å². The number of nitrogens with zero attached hydrogens (tertiary/aromatic N) is 3. The number of amides is 1. The molecule has 1 aliphatic rings. The molecular formula is C21H21B3F2N6O3S. The number of ether oxygens (including phenoxy) is 2. The Morgan fingerprint density at radius 2 is 2.00 bits per heavy atom. The molecule has 0 bridgehead atoms. The minimum atomic E-state index is -1.87. The standard InChI is InChI=1S/C21H21B3F2N6O3S/c1-32-17(13-6-5-11(27)14(8-34-13)35-21(22,23)24)12(7-29-32)30-19(33)16-18(28)36-20(31-16)15-9(25)3-2-4-10(15)26/h2-4,7,11,13-14H,5-6,8,27-28H2,1H3,(H,30,33)/t11-,13+,14-/m1/s1. The smallest absolute Gasteiger partial charge is 0.277 e. The molecule has 1 amide bonds. The number of hydrogen-bond donors (Lipinski definition) is 3. The second kappa shape index (κ2) is 10.3. The van der Waals surface area contributed by atoms with Crippen molar-refractivity contribution in [1.29, 1.82) is 0 Å². The third-order valence-corrected chi connectivity index (χ3v) is 6.54. The average Bonchev–Trinajstić information content (AvgIpc) is 3.28. The highest BCUT2D eigenvalue weighted by atomic mass is 32.1. The van der Waals surface area contributed by atoms with E-state index in [1.165, 1.54) is 12.3 Å². The Balaban J connectivity index is 1.54. The Kier molecular flexibility index (Phi) is 7.55. The summed E-state index contributed by atoms with van der Waals surface area (Å²) in [6.07, 6.45) is 1.26. The van der Waals surface area contributed by atoms with Gasteiger partial charge in [-0.1, -0.05) is 17.4 Å². The van der Waals surface area contributed by atoms with Gasteiger partial charge in [0.1, 0.15) is 27.7 Å². The van der Waals surface area contributed by atoms with Crippen molar-refractivity contribution < 1.29 is 23.0 Å². The van der Waals surface area contributed by atoms with E-state index in [1.807, 2.05) is 0 Å². The number of nitrogens with two attached hydrogens (primary N) is 2. The zero-order valence-corrected chi connectivity index (χ0v) is 20.1. The lowest BCUT2D eigenvalue weighted by atomic mass is 9.52. The zero-order valence-electron chi connectivity index (χ0n) is 19.3. The van der Waals surface area contributed by atoms with Crippen LogP contribution in [0.2, 0.25) is 0 Å². The lowest BCUT2D eigenvalue weighted by Crippen LogP contribution is -2.47. The van der Waals surface area contributed by atoms with Gasteiger partial charge in [0.25, 0.3) is 5.91 Å². The first-order chi connectivity index (χ1) is 16.9. The van der Waals surface area contributed by atoms with E-state index in [2.05, 4.69) is 15.4 Å². The third kappa shape index (κ3) is 5.64. The molecule has 9 nitrogen and oxygen atoms in total. The summed E-state index contributed by atoms with van der Waals surface area (Å²) in [5, 5.41) is 5.01. The van der Waals surface area contributed by atoms with Crippen LogP contribution in [0.25, 0.3) is 10.6 Å². The van der Waals surface area contributed by atoms with Gasteiger partial charge in [0.2, 0.25) is 0 Å². The van der Waals surface area contributed by atoms with Crippen molar-refractivity contribution in [2.45, 2.75) is 36.4 Å². The third-order valence-electron chi connectivity index (χ3n) is 5.64. The average molecular weight is 508 g/mol. The van der Waals surface area contributed by atoms with Crippen molar-refractivity contribution in [3.63, 3.8) is 0 Å². The van der Waals surface area contributed by atoms with Gasteiger partial charge in [0.05, 0.1) is 59.4 Å². The van der Waals surface area contributed by atoms with E-state index < -0.39 is 41.1 Å². The van der Waals surface area contributed by atoms with Gasteiger partial charge in [-0.15, -0.1) is 0 Å². The van der Waals surface area contributed by atoms with Crippen LogP contribution in [-0.2, 0) is 16.5 Å². The molecule has 1 aromatic carbocycles. The van der Waals surface area contributed by atoms with Crippen LogP contribution in [0.15, 0.2) is 24.4 Å². The topological polar surface area (TPSA) is 130 Å². The minimum absolute atomic E-state index is 0.00103. The van der Waals surface area contributed by atoms with Gasteiger partial charge in [-0.25, -0.2) is 13.8 Å². The van der Waals surface area contributed by atoms with E-state index >= 15 is 0 Å². The Hall–Kier alpha value is -2.74. The molecule has 15 heteroatoms. The maximum atomic E-state index is 14.2. The van der Waals surface area contributed by atoms with Gasteiger partial charge < -0.3 is 26.3 Å². The lowest BCUT2D eigenvalue weighted by Gasteiger charge is -2.31. The number of carbonyl (C=O) groups is 1. The van der Waals surface area contributed by atoms with Gasteiger partial charge >= 0.3 is 0 Å². The summed E-state index contributed by atoms with van der Waals surface area (Å²) in [5.74, 6) is -2.30. The van der Waals surface area contributed by atoms with E-state index in [0.29, 0.717) is 24.2 Å². The molecule has 0 unspecified atom stereocenters. The number of benzene rings is 1. The van der Waals surface area contributed by atoms with Crippen LogP contribution in [0.1, 0.15) is 35.1 Å². The van der Waals surface area contributed by atoms with E-state index in [-0.39, 0.29) is 27.9 Å². The quantitative estimate of drug-likeness (QED) is 0.429. The molecule has 0 aliphatic carbocycles. The van der Waals surface area contributed by atoms with Gasteiger partial charge in [-0.3, -0.25) is 9.48 Å². The molecule has 3 heterocycles. The Bertz CT molecular complexity index is 1250. The molecule has 4 rings (SSSR count). The van der Waals surface area contributed by atoms with Crippen molar-refractivity contribution in [2.75, 3.05) is 17.7 Å². The maximum Gasteiger partial charge on any atom is 0.277 e. The summed E-state index contributed by atoms with van der Waals surface area (Å²) in [6, 6.07) is 2.99. The summed E-state index contributed by atoms with van der Waals surface area (Å²) in [6.45, 7) is 0.0499. The molecule has 2 aromatic heterocycles. The fourth-order valence-electron chi connectivity index (χ4n) is 3.96. The van der Waals surface area contributed by atoms with Crippen LogP contribution in [0.4, 0.5) is 19.5 Å². The molecule has 182 valence electrons. The van der Waals surface area contributed by atoms with Crippen LogP contribution >= 0.6 is 11.3 Å². The van der Waals surface area contributed by atoms with E-state index in [9.17, 15) is 13.6 Å². The van der Waals surface area contributed by atoms with Crippen LogP contribution in [0.3, 0.4) is 0 Å². The number of hydrogen-bond acceptors (Lipinski definition) is 8. The zero-order chi connectivity index (χ0) is 26.2. The van der Waals surface area contributed by atoms with Crippen molar-refractivity contribution in [3.05, 3.63) is 47.4 Å². The number of aryl methyl sites for hydroxylation is 1. The first kappa shape index (κ1) is 26.3. The summed E-state index contributed by atoms with van der Waals surface area (Å²) >= 11 is 0.802. The van der Waals surface area contributed by atoms with Crippen molar-refractivity contribution in [1.82, 2.24) is 14.8 Å². The molecule has 3 aromatic rings. The van der Waals surface area contributed by atoms with Crippen LogP contribution in [-0.4, -0.2) is 68.3 Å². The van der Waals surface area contributed by atoms with Crippen LogP contribution < -0.4 is 16.8 Å². The Morgan fingerprint density at radius 1 is 1.31 bits per heavy atom. The molecule has 5 N–H and O–H groups in total. The first-order valence-electron chi connectivity index (χ1n) is 10.9. The monoisotopic (exact) mass is 508 g/mol. The Morgan fingerprint density at radius 3 is 2.67 bits per heavy atom. The highest BCUT2D eigenvalue weighted by molar-refractivity contribution is 7.19. The molecule has 1 saturated heterocycles. The molecule has 1 fully saturated rings. The minimum Gasteiger partial charge on any atom is -0.396 e. The summed E-state index contributed by atoms with van der Waals surface area (Å²) < 4.78 is 41.3. The molecule has 36 heavy (non-hydrogen) atoms. The number of nitrogen functional groups attached to an aromatic ring is 1. The summed E-state index contributed by atoms with van der Waals surface area (Å²) in [4.78, 5) is 17.1. The van der Waals surface area contributed by atoms with Gasteiger partial charge in [-0.2, -0.15) is 5.10 Å². The number of carbonyl (C=O) groups excluding carboxylic acids is 1. The number of nitrogens with one attached hydrogen (secondary N) is 1. The number of thiazole rings is 1. The van der Waals surface area contributed by atoms with Crippen molar-refractivity contribution in [2.24, 2.45) is 12.8 Å². The fourth-order valence-corrected chi connectivity index (χ4v) is 4.83. The SMILES string of the molecule is [B]C([B])([B])O[C@@H]1CO[C@H](c2c(NC(=O)c3nc(-c4c(F)cccc4F)sc3N)cnn2C)CC[C@H]1N. The maximum absolute atomic E-state index is 14.2. The molecule has 6 radical (unpaired) electrons. The normalized spacial score (nSPS) is 20.7. The number of rotatable bonds is 6. The molecule has 1 aliphatic heterocycles. The number of anilines is 2. The number of aromatic nitrogens is 3. The van der Waals surface area contributed by atoms with Gasteiger partial charge in [-0.05, 0) is 30.3 Å². The fraction of sp³-hybridized carbons (Fsp3) is 0.381. The van der Waals surface area contributed by atoms with Crippen LogP contribution in [0, 0.1) is 11.6 Å². The predicted octanol–water partition coefficient (Wildman–Crippen LogP) is 1.34. The van der Waals surface area contributed by atoms with E-state index in [4.69, 9.17) is 44.5 Å². The van der Waals surface area contributed by atoms with Crippen molar-refractivity contribution in [3.8, 4) is 10.6 Å². The molecule has 0 spiro atoms. The second-order valence-corrected chi connectivity index (χ2v) is 9.45. The molecule has 3 atom stereocenters. The predicted molar refractivity (Wildman–Crippen MR) is 134 cm³/mol. The van der Waals surface area contributed by atoms with Gasteiger partial charge in [0, 0.05) is 13.1 Å². The van der Waals surface area contributed by atoms with E-state index in [0.717, 1.165) is 23.5 Å². The van der Waals surface area contributed by atoms with Crippen LogP contribution in [0.5, 0.6) is 0 Å². The lowest BCUT2D eigenvalue weighted by molar-refractivity contribution is -0.0435. The summed E-state index contributed by atoms with van der Waals surface area (Å²) in [7, 11) is 18.3. The molecular weight excluding hydrogens is 487 g/mol. The second-order valence-electron chi connectivity index (χ2n) is 8.42. The Labute approximate surface area is 214 Å². The summed E-state index contributed by atoms with van der Waals surface area (Å²) in [5.41, 5.74) is 12.5. The highest BCUT2D eigenvalue weighted by Gasteiger charge is 2.32. The number of halogens is 2. The first-order valence-corrected chi connectivity index (χ1v) is 11.7. The molecule has 0 saturated carbocycles.